The van der Waals surface area contributed by atoms with Crippen molar-refractivity contribution >= 4 is 5.91 Å². The van der Waals surface area contributed by atoms with Crippen molar-refractivity contribution in [2.45, 2.75) is 33.2 Å². The first-order chi connectivity index (χ1) is 6.49. The maximum atomic E-state index is 11.4. The van der Waals surface area contributed by atoms with E-state index in [1.165, 1.54) is 0 Å². The molecule has 4 heteroatoms. The average Bonchev–Trinajstić information content (AvgIpc) is 2.13. The lowest BCUT2D eigenvalue weighted by molar-refractivity contribution is -0.123. The molecule has 14 heavy (non-hydrogen) atoms. The molecule has 0 fully saturated rings. The van der Waals surface area contributed by atoms with Crippen LogP contribution in [0, 0.1) is 11.8 Å². The molecule has 0 aromatic heterocycles. The Balaban J connectivity index is 3.73. The number of aliphatic hydroxyl groups excluding tert-OH is 1. The molecule has 0 bridgehead atoms. The Bertz CT molecular complexity index is 172. The van der Waals surface area contributed by atoms with Gasteiger partial charge in [-0.25, -0.2) is 0 Å². The highest BCUT2D eigenvalue weighted by atomic mass is 16.3. The first kappa shape index (κ1) is 13.4. The Hall–Kier alpha value is -0.610. The van der Waals surface area contributed by atoms with Gasteiger partial charge in [-0.05, 0) is 18.3 Å². The summed E-state index contributed by atoms with van der Waals surface area (Å²) < 4.78 is 0. The number of nitrogens with two attached hydrogens (primary N) is 1. The lowest BCUT2D eigenvalue weighted by atomic mass is 10.0. The minimum absolute atomic E-state index is 0.107. The van der Waals surface area contributed by atoms with Gasteiger partial charge < -0.3 is 16.2 Å². The number of carbonyl (C=O) groups excluding carboxylic acids is 1. The fourth-order valence-electron chi connectivity index (χ4n) is 1.02. The van der Waals surface area contributed by atoms with E-state index in [4.69, 9.17) is 10.8 Å². The van der Waals surface area contributed by atoms with Gasteiger partial charge in [0.2, 0.25) is 5.91 Å². The van der Waals surface area contributed by atoms with Crippen molar-refractivity contribution in [2.75, 3.05) is 13.2 Å². The van der Waals surface area contributed by atoms with Crippen LogP contribution in [-0.4, -0.2) is 30.2 Å². The second-order valence-electron chi connectivity index (χ2n) is 4.13. The molecule has 0 aliphatic carbocycles. The molecule has 0 aromatic rings. The summed E-state index contributed by atoms with van der Waals surface area (Å²) in [4.78, 5) is 11.4. The van der Waals surface area contributed by atoms with Crippen LogP contribution < -0.4 is 11.1 Å². The molecule has 84 valence electrons. The molecule has 2 atom stereocenters. The van der Waals surface area contributed by atoms with Crippen LogP contribution in [0.2, 0.25) is 0 Å². The quantitative estimate of drug-likeness (QED) is 0.572. The van der Waals surface area contributed by atoms with Gasteiger partial charge in [-0.15, -0.1) is 0 Å². The van der Waals surface area contributed by atoms with Crippen molar-refractivity contribution in [1.82, 2.24) is 5.32 Å². The van der Waals surface area contributed by atoms with Gasteiger partial charge in [0, 0.05) is 13.2 Å². The lowest BCUT2D eigenvalue weighted by Gasteiger charge is -2.17. The normalized spacial score (nSPS) is 15.3. The smallest absolute Gasteiger partial charge is 0.237 e. The van der Waals surface area contributed by atoms with Crippen LogP contribution >= 0.6 is 0 Å². The van der Waals surface area contributed by atoms with Gasteiger partial charge in [-0.2, -0.15) is 0 Å². The number of amides is 1. The Kier molecular flexibility index (Phi) is 6.49. The van der Waals surface area contributed by atoms with Gasteiger partial charge >= 0.3 is 0 Å². The van der Waals surface area contributed by atoms with E-state index in [1.54, 1.807) is 0 Å². The maximum Gasteiger partial charge on any atom is 0.237 e. The average molecular weight is 202 g/mol. The summed E-state index contributed by atoms with van der Waals surface area (Å²) in [5, 5.41) is 11.4. The molecule has 4 N–H and O–H groups in total. The van der Waals surface area contributed by atoms with Crippen molar-refractivity contribution in [3.8, 4) is 0 Å². The third-order valence-corrected chi connectivity index (χ3v) is 2.27. The molecule has 0 aromatic carbocycles. The second kappa shape index (κ2) is 6.79. The van der Waals surface area contributed by atoms with E-state index in [0.29, 0.717) is 18.9 Å². The van der Waals surface area contributed by atoms with E-state index in [0.717, 1.165) is 0 Å². The molecule has 0 saturated carbocycles. The first-order valence-electron chi connectivity index (χ1n) is 5.13. The first-order valence-corrected chi connectivity index (χ1v) is 5.13. The number of aliphatic hydroxyl groups is 1. The van der Waals surface area contributed by atoms with Gasteiger partial charge in [-0.1, -0.05) is 20.8 Å². The van der Waals surface area contributed by atoms with Gasteiger partial charge in [0.1, 0.15) is 0 Å². The van der Waals surface area contributed by atoms with Gasteiger partial charge in [0.05, 0.1) is 6.04 Å². The fraction of sp³-hybridized carbons (Fsp3) is 0.900. The van der Waals surface area contributed by atoms with Crippen LogP contribution in [-0.2, 0) is 4.79 Å². The molecular formula is C10H22N2O2. The largest absolute Gasteiger partial charge is 0.396 e. The molecule has 0 spiro atoms. The van der Waals surface area contributed by atoms with Crippen LogP contribution in [0.1, 0.15) is 27.2 Å². The zero-order valence-electron chi connectivity index (χ0n) is 9.29. The number of nitrogens with one attached hydrogen (secondary N) is 1. The molecule has 0 radical (unpaired) electrons. The zero-order chi connectivity index (χ0) is 11.1. The van der Waals surface area contributed by atoms with Gasteiger partial charge in [-0.3, -0.25) is 4.79 Å². The summed E-state index contributed by atoms with van der Waals surface area (Å²) in [5.74, 6) is 0.344. The topological polar surface area (TPSA) is 75.3 Å². The van der Waals surface area contributed by atoms with Gasteiger partial charge in [0.15, 0.2) is 0 Å². The van der Waals surface area contributed by atoms with Crippen LogP contribution in [0.25, 0.3) is 0 Å². The van der Waals surface area contributed by atoms with Crippen molar-refractivity contribution in [1.29, 1.82) is 0 Å². The Labute approximate surface area is 85.9 Å². The Morgan fingerprint density at radius 3 is 2.43 bits per heavy atom. The zero-order valence-corrected chi connectivity index (χ0v) is 9.29. The third kappa shape index (κ3) is 5.19. The predicted molar refractivity (Wildman–Crippen MR) is 56.7 cm³/mol. The van der Waals surface area contributed by atoms with Crippen molar-refractivity contribution in [3.05, 3.63) is 0 Å². The molecule has 0 aliphatic rings. The van der Waals surface area contributed by atoms with Crippen LogP contribution in [0.4, 0.5) is 0 Å². The summed E-state index contributed by atoms with van der Waals surface area (Å²) in [6, 6.07) is -0.434. The monoisotopic (exact) mass is 202 g/mol. The van der Waals surface area contributed by atoms with Crippen molar-refractivity contribution < 1.29 is 9.90 Å². The number of hydrogen-bond donors (Lipinski definition) is 3. The van der Waals surface area contributed by atoms with E-state index in [2.05, 4.69) is 5.32 Å². The molecule has 0 saturated heterocycles. The lowest BCUT2D eigenvalue weighted by Crippen LogP contribution is -2.45. The van der Waals surface area contributed by atoms with Gasteiger partial charge in [0.25, 0.3) is 0 Å². The molecule has 0 heterocycles. The molecule has 0 aliphatic heterocycles. The predicted octanol–water partition coefficient (Wildman–Crippen LogP) is 0.104. The third-order valence-electron chi connectivity index (χ3n) is 2.27. The van der Waals surface area contributed by atoms with Crippen molar-refractivity contribution in [3.63, 3.8) is 0 Å². The van der Waals surface area contributed by atoms with E-state index in [1.807, 2.05) is 20.8 Å². The minimum atomic E-state index is -0.434. The molecule has 0 rings (SSSR count). The standard InChI is InChI=1S/C10H22N2O2/c1-7(2)9(11)10(14)12-6-8(3)4-5-13/h7-9,13H,4-6,11H2,1-3H3,(H,12,14)/t8?,9-/m1/s1. The molecule has 1 unspecified atom stereocenters. The minimum Gasteiger partial charge on any atom is -0.396 e. The Morgan fingerprint density at radius 2 is 2.00 bits per heavy atom. The Morgan fingerprint density at radius 1 is 1.43 bits per heavy atom. The van der Waals surface area contributed by atoms with Crippen LogP contribution in [0.5, 0.6) is 0 Å². The summed E-state index contributed by atoms with van der Waals surface area (Å²) >= 11 is 0. The number of carbonyl (C=O) groups is 1. The summed E-state index contributed by atoms with van der Waals surface area (Å²) in [7, 11) is 0. The number of hydrogen-bond acceptors (Lipinski definition) is 3. The number of rotatable bonds is 6. The van der Waals surface area contributed by atoms with E-state index in [9.17, 15) is 4.79 Å². The summed E-state index contributed by atoms with van der Waals surface area (Å²) in [6.07, 6.45) is 0.706. The highest BCUT2D eigenvalue weighted by Gasteiger charge is 2.16. The van der Waals surface area contributed by atoms with E-state index in [-0.39, 0.29) is 18.4 Å². The van der Waals surface area contributed by atoms with E-state index < -0.39 is 6.04 Å². The summed E-state index contributed by atoms with van der Waals surface area (Å²) in [6.45, 7) is 6.56. The summed E-state index contributed by atoms with van der Waals surface area (Å²) in [5.41, 5.74) is 5.66. The molecular weight excluding hydrogens is 180 g/mol. The fourth-order valence-corrected chi connectivity index (χ4v) is 1.02. The molecule has 4 nitrogen and oxygen atoms in total. The van der Waals surface area contributed by atoms with Crippen LogP contribution in [0.3, 0.4) is 0 Å². The SMILES string of the molecule is CC(CCO)CNC(=O)[C@H](N)C(C)C. The maximum absolute atomic E-state index is 11.4. The van der Waals surface area contributed by atoms with Crippen LogP contribution in [0.15, 0.2) is 0 Å². The highest BCUT2D eigenvalue weighted by molar-refractivity contribution is 5.81. The van der Waals surface area contributed by atoms with E-state index >= 15 is 0 Å². The van der Waals surface area contributed by atoms with Crippen molar-refractivity contribution in [2.24, 2.45) is 17.6 Å². The molecule has 1 amide bonds. The highest BCUT2D eigenvalue weighted by Crippen LogP contribution is 2.00. The second-order valence-corrected chi connectivity index (χ2v) is 4.13.